The number of carbonyl (C=O) groups is 1. The first kappa shape index (κ1) is 12.9. The van der Waals surface area contributed by atoms with Gasteiger partial charge in [0.1, 0.15) is 0 Å². The highest BCUT2D eigenvalue weighted by Crippen LogP contribution is 2.07. The van der Waals surface area contributed by atoms with E-state index in [4.69, 9.17) is 11.6 Å². The molecule has 3 nitrogen and oxygen atoms in total. The van der Waals surface area contributed by atoms with Gasteiger partial charge >= 0.3 is 5.97 Å². The molecule has 1 aromatic carbocycles. The highest BCUT2D eigenvalue weighted by atomic mass is 35.5. The van der Waals surface area contributed by atoms with Crippen LogP contribution < -0.4 is 5.73 Å². The summed E-state index contributed by atoms with van der Waals surface area (Å²) >= 11 is 5.61. The monoisotopic (exact) mass is 216 g/mol. The van der Waals surface area contributed by atoms with Gasteiger partial charge in [0.05, 0.1) is 7.11 Å². The van der Waals surface area contributed by atoms with Crippen molar-refractivity contribution in [3.8, 4) is 0 Å². The number of benzene rings is 1. The lowest BCUT2D eigenvalue weighted by molar-refractivity contribution is -0.359. The van der Waals surface area contributed by atoms with Gasteiger partial charge in [0.2, 0.25) is 0 Å². The van der Waals surface area contributed by atoms with E-state index in [0.29, 0.717) is 0 Å². The number of aryl methyl sites for hydroxylation is 1. The Morgan fingerprint density at radius 1 is 1.43 bits per heavy atom. The summed E-state index contributed by atoms with van der Waals surface area (Å²) in [4.78, 5) is 9.90. The Kier molecular flexibility index (Phi) is 6.80. The molecule has 0 amide bonds. The fraction of sp³-hybridized carbons (Fsp3) is 0.300. The van der Waals surface area contributed by atoms with E-state index in [2.05, 4.69) is 10.5 Å². The van der Waals surface area contributed by atoms with Crippen LogP contribution in [0.1, 0.15) is 5.56 Å². The molecule has 0 heterocycles. The van der Waals surface area contributed by atoms with Gasteiger partial charge in [0.15, 0.2) is 6.54 Å². The molecule has 0 atom stereocenters. The van der Waals surface area contributed by atoms with Crippen molar-refractivity contribution in [1.82, 2.24) is 0 Å². The zero-order chi connectivity index (χ0) is 11.0. The molecule has 0 saturated heterocycles. The molecule has 4 heteroatoms. The van der Waals surface area contributed by atoms with E-state index in [1.54, 1.807) is 0 Å². The molecular formula is C10H15ClNO2+. The largest absolute Gasteiger partial charge is 0.465 e. The normalized spacial score (nSPS) is 8.57. The van der Waals surface area contributed by atoms with Gasteiger partial charge in [-0.1, -0.05) is 29.3 Å². The lowest BCUT2D eigenvalue weighted by atomic mass is 10.2. The summed E-state index contributed by atoms with van der Waals surface area (Å²) < 4.78 is 4.20. The van der Waals surface area contributed by atoms with Gasteiger partial charge in [-0.25, -0.2) is 4.79 Å². The molecule has 0 radical (unpaired) electrons. The predicted octanol–water partition coefficient (Wildman–Crippen LogP) is 1.05. The maximum absolute atomic E-state index is 9.90. The Morgan fingerprint density at radius 2 is 1.93 bits per heavy atom. The second-order valence-electron chi connectivity index (χ2n) is 2.62. The summed E-state index contributed by atoms with van der Waals surface area (Å²) in [7, 11) is 1.34. The molecule has 0 aromatic heterocycles. The molecule has 14 heavy (non-hydrogen) atoms. The third-order valence-electron chi connectivity index (χ3n) is 1.44. The Labute approximate surface area is 88.8 Å². The highest BCUT2D eigenvalue weighted by Gasteiger charge is 1.91. The van der Waals surface area contributed by atoms with Crippen LogP contribution in [0.2, 0.25) is 5.02 Å². The third-order valence-corrected chi connectivity index (χ3v) is 1.69. The highest BCUT2D eigenvalue weighted by molar-refractivity contribution is 6.30. The number of ether oxygens (including phenoxy) is 1. The van der Waals surface area contributed by atoms with Crippen molar-refractivity contribution >= 4 is 17.6 Å². The second kappa shape index (κ2) is 7.35. The minimum atomic E-state index is -0.269. The van der Waals surface area contributed by atoms with Crippen molar-refractivity contribution in [2.45, 2.75) is 6.92 Å². The standard InChI is InChI=1S/C7H7Cl.C3H7NO2/c1-6-2-4-7(8)5-3-6;1-6-3(5)2-4/h2-5H,1H3;2,4H2,1H3/p+1. The van der Waals surface area contributed by atoms with E-state index in [1.165, 1.54) is 12.7 Å². The van der Waals surface area contributed by atoms with Gasteiger partial charge in [0.25, 0.3) is 0 Å². The van der Waals surface area contributed by atoms with E-state index in [-0.39, 0.29) is 12.5 Å². The molecule has 0 saturated carbocycles. The smallest absolute Gasteiger partial charge is 0.361 e. The van der Waals surface area contributed by atoms with Crippen molar-refractivity contribution < 1.29 is 15.3 Å². The minimum Gasteiger partial charge on any atom is -0.465 e. The van der Waals surface area contributed by atoms with Gasteiger partial charge in [-0.3, -0.25) is 0 Å². The molecule has 3 N–H and O–H groups in total. The molecule has 0 aliphatic heterocycles. The van der Waals surface area contributed by atoms with Gasteiger partial charge < -0.3 is 10.5 Å². The molecule has 1 aromatic rings. The molecule has 0 aliphatic carbocycles. The van der Waals surface area contributed by atoms with E-state index >= 15 is 0 Å². The van der Waals surface area contributed by atoms with Crippen molar-refractivity contribution in [2.75, 3.05) is 13.7 Å². The van der Waals surface area contributed by atoms with Crippen LogP contribution in [-0.2, 0) is 9.53 Å². The van der Waals surface area contributed by atoms with Gasteiger partial charge in [0, 0.05) is 5.02 Å². The molecule has 0 unspecified atom stereocenters. The van der Waals surface area contributed by atoms with E-state index in [9.17, 15) is 4.79 Å². The summed E-state index contributed by atoms with van der Waals surface area (Å²) in [5, 5.41) is 0.801. The fourth-order valence-corrected chi connectivity index (χ4v) is 0.761. The van der Waals surface area contributed by atoms with Gasteiger partial charge in [-0.2, -0.15) is 0 Å². The average molecular weight is 217 g/mol. The molecule has 0 spiro atoms. The minimum absolute atomic E-state index is 0.219. The first-order valence-corrected chi connectivity index (χ1v) is 4.56. The lowest BCUT2D eigenvalue weighted by Gasteiger charge is -1.88. The zero-order valence-electron chi connectivity index (χ0n) is 8.42. The maximum atomic E-state index is 9.90. The van der Waals surface area contributed by atoms with Crippen LogP contribution in [0.25, 0.3) is 0 Å². The van der Waals surface area contributed by atoms with E-state index in [0.717, 1.165) is 5.02 Å². The summed E-state index contributed by atoms with van der Waals surface area (Å²) in [5.41, 5.74) is 4.53. The van der Waals surface area contributed by atoms with E-state index < -0.39 is 0 Å². The van der Waals surface area contributed by atoms with Crippen LogP contribution in [0.5, 0.6) is 0 Å². The first-order chi connectivity index (χ1) is 6.60. The Morgan fingerprint density at radius 3 is 2.14 bits per heavy atom. The Balaban J connectivity index is 0.000000255. The lowest BCUT2D eigenvalue weighted by Crippen LogP contribution is -2.54. The zero-order valence-corrected chi connectivity index (χ0v) is 9.17. The Bertz CT molecular complexity index is 245. The molecule has 78 valence electrons. The summed E-state index contributed by atoms with van der Waals surface area (Å²) in [6.45, 7) is 2.26. The molecule has 0 fully saturated rings. The number of carbonyl (C=O) groups excluding carboxylic acids is 1. The van der Waals surface area contributed by atoms with Crippen LogP contribution in [0.4, 0.5) is 0 Å². The maximum Gasteiger partial charge on any atom is 0.361 e. The number of quaternary nitrogens is 1. The van der Waals surface area contributed by atoms with Crippen molar-refractivity contribution in [3.05, 3.63) is 34.9 Å². The topological polar surface area (TPSA) is 53.9 Å². The van der Waals surface area contributed by atoms with Crippen LogP contribution >= 0.6 is 11.6 Å². The van der Waals surface area contributed by atoms with Gasteiger partial charge in [-0.15, -0.1) is 0 Å². The van der Waals surface area contributed by atoms with Crippen LogP contribution in [0.3, 0.4) is 0 Å². The first-order valence-electron chi connectivity index (χ1n) is 4.18. The number of hydrogen-bond donors (Lipinski definition) is 1. The van der Waals surface area contributed by atoms with Crippen molar-refractivity contribution in [3.63, 3.8) is 0 Å². The number of esters is 1. The average Bonchev–Trinajstić information content (AvgIpc) is 2.22. The van der Waals surface area contributed by atoms with Crippen LogP contribution in [-0.4, -0.2) is 19.6 Å². The summed E-state index contributed by atoms with van der Waals surface area (Å²) in [6, 6.07) is 7.75. The number of halogens is 1. The molecular weight excluding hydrogens is 202 g/mol. The molecule has 0 aliphatic rings. The number of methoxy groups -OCH3 is 1. The SMILES string of the molecule is COC(=O)C[NH3+].Cc1ccc(Cl)cc1. The third kappa shape index (κ3) is 6.46. The quantitative estimate of drug-likeness (QED) is 0.714. The summed E-state index contributed by atoms with van der Waals surface area (Å²) in [5.74, 6) is -0.269. The van der Waals surface area contributed by atoms with E-state index in [1.807, 2.05) is 31.2 Å². The Hall–Kier alpha value is -1.06. The molecule has 1 rings (SSSR count). The predicted molar refractivity (Wildman–Crippen MR) is 56.0 cm³/mol. The van der Waals surface area contributed by atoms with Crippen molar-refractivity contribution in [2.24, 2.45) is 0 Å². The number of rotatable bonds is 1. The molecule has 0 bridgehead atoms. The fourth-order valence-electron chi connectivity index (χ4n) is 0.635. The van der Waals surface area contributed by atoms with Crippen LogP contribution in [0.15, 0.2) is 24.3 Å². The van der Waals surface area contributed by atoms with Crippen LogP contribution in [0, 0.1) is 6.92 Å². The summed E-state index contributed by atoms with van der Waals surface area (Å²) in [6.07, 6.45) is 0. The number of hydrogen-bond acceptors (Lipinski definition) is 2. The second-order valence-corrected chi connectivity index (χ2v) is 3.06. The van der Waals surface area contributed by atoms with Crippen molar-refractivity contribution in [1.29, 1.82) is 0 Å². The van der Waals surface area contributed by atoms with Gasteiger partial charge in [-0.05, 0) is 19.1 Å².